The van der Waals surface area contributed by atoms with Gasteiger partial charge in [0.15, 0.2) is 5.82 Å². The van der Waals surface area contributed by atoms with Gasteiger partial charge in [0.25, 0.3) is 0 Å². The third kappa shape index (κ3) is 2.18. The van der Waals surface area contributed by atoms with Crippen LogP contribution in [0.1, 0.15) is 37.9 Å². The molecule has 1 aromatic rings. The molecule has 84 valence electrons. The lowest BCUT2D eigenvalue weighted by molar-refractivity contribution is 0.0484. The van der Waals surface area contributed by atoms with Gasteiger partial charge < -0.3 is 15.0 Å². The van der Waals surface area contributed by atoms with Gasteiger partial charge in [0.2, 0.25) is 5.89 Å². The van der Waals surface area contributed by atoms with E-state index in [1.54, 1.807) is 0 Å². The molecule has 1 aromatic heterocycles. The van der Waals surface area contributed by atoms with Crippen LogP contribution in [0.5, 0.6) is 0 Å². The summed E-state index contributed by atoms with van der Waals surface area (Å²) in [6.45, 7) is 3.43. The Morgan fingerprint density at radius 3 is 2.80 bits per heavy atom. The predicted molar refractivity (Wildman–Crippen MR) is 54.2 cm³/mol. The Bertz CT molecular complexity index is 318. The predicted octanol–water partition coefficient (Wildman–Crippen LogP) is 0.987. The Morgan fingerprint density at radius 2 is 2.13 bits per heavy atom. The lowest BCUT2D eigenvalue weighted by atomic mass is 9.91. The molecule has 0 spiro atoms. The zero-order valence-electron chi connectivity index (χ0n) is 9.03. The van der Waals surface area contributed by atoms with E-state index in [9.17, 15) is 0 Å². The standard InChI is InChI=1S/C10H17N3O2/c1-2-3-8-12-9(13-15-8)10(11)4-6-14-7-5-10/h2-7,11H2,1H3. The number of hydrogen-bond donors (Lipinski definition) is 1. The van der Waals surface area contributed by atoms with Gasteiger partial charge in [-0.05, 0) is 19.3 Å². The highest BCUT2D eigenvalue weighted by Gasteiger charge is 2.34. The minimum atomic E-state index is -0.451. The van der Waals surface area contributed by atoms with Crippen LogP contribution in [0.4, 0.5) is 0 Å². The first-order valence-corrected chi connectivity index (χ1v) is 5.44. The molecule has 1 aliphatic heterocycles. The van der Waals surface area contributed by atoms with Gasteiger partial charge in [-0.1, -0.05) is 12.1 Å². The first-order valence-electron chi connectivity index (χ1n) is 5.44. The minimum absolute atomic E-state index is 0.451. The molecule has 2 N–H and O–H groups in total. The van der Waals surface area contributed by atoms with Crippen LogP contribution in [0.25, 0.3) is 0 Å². The Kier molecular flexibility index (Phi) is 3.02. The van der Waals surface area contributed by atoms with Crippen LogP contribution in [0.2, 0.25) is 0 Å². The fourth-order valence-electron chi connectivity index (χ4n) is 1.73. The second kappa shape index (κ2) is 4.28. The number of ether oxygens (including phenoxy) is 1. The number of nitrogens with two attached hydrogens (primary N) is 1. The minimum Gasteiger partial charge on any atom is -0.381 e. The summed E-state index contributed by atoms with van der Waals surface area (Å²) in [5.74, 6) is 1.32. The summed E-state index contributed by atoms with van der Waals surface area (Å²) in [7, 11) is 0. The quantitative estimate of drug-likeness (QED) is 0.806. The van der Waals surface area contributed by atoms with Gasteiger partial charge in [-0.15, -0.1) is 0 Å². The molecular formula is C10H17N3O2. The molecule has 0 bridgehead atoms. The zero-order chi connectivity index (χ0) is 10.7. The van der Waals surface area contributed by atoms with Gasteiger partial charge in [-0.3, -0.25) is 0 Å². The van der Waals surface area contributed by atoms with Crippen molar-refractivity contribution >= 4 is 0 Å². The average Bonchev–Trinajstić information content (AvgIpc) is 2.69. The molecule has 5 heteroatoms. The van der Waals surface area contributed by atoms with Crippen LogP contribution < -0.4 is 5.73 Å². The van der Waals surface area contributed by atoms with Crippen molar-refractivity contribution in [3.05, 3.63) is 11.7 Å². The van der Waals surface area contributed by atoms with Crippen molar-refractivity contribution in [1.29, 1.82) is 0 Å². The summed E-state index contributed by atoms with van der Waals surface area (Å²) in [6.07, 6.45) is 3.35. The van der Waals surface area contributed by atoms with E-state index < -0.39 is 5.54 Å². The topological polar surface area (TPSA) is 74.2 Å². The summed E-state index contributed by atoms with van der Waals surface area (Å²) in [5.41, 5.74) is 5.77. The largest absolute Gasteiger partial charge is 0.381 e. The van der Waals surface area contributed by atoms with Gasteiger partial charge in [0.05, 0.1) is 5.54 Å². The normalized spacial score (nSPS) is 20.4. The van der Waals surface area contributed by atoms with E-state index in [0.29, 0.717) is 24.9 Å². The Morgan fingerprint density at radius 1 is 1.40 bits per heavy atom. The van der Waals surface area contributed by atoms with Gasteiger partial charge in [-0.25, -0.2) is 0 Å². The lowest BCUT2D eigenvalue weighted by Crippen LogP contribution is -2.43. The molecule has 0 atom stereocenters. The first kappa shape index (κ1) is 10.6. The third-order valence-corrected chi connectivity index (χ3v) is 2.76. The maximum Gasteiger partial charge on any atom is 0.226 e. The molecule has 2 rings (SSSR count). The van der Waals surface area contributed by atoms with E-state index in [1.165, 1.54) is 0 Å². The van der Waals surface area contributed by atoms with Gasteiger partial charge in [-0.2, -0.15) is 4.98 Å². The van der Waals surface area contributed by atoms with Crippen molar-refractivity contribution in [3.8, 4) is 0 Å². The molecule has 0 unspecified atom stereocenters. The molecule has 0 saturated carbocycles. The smallest absolute Gasteiger partial charge is 0.226 e. The molecular weight excluding hydrogens is 194 g/mol. The van der Waals surface area contributed by atoms with Crippen molar-refractivity contribution in [3.63, 3.8) is 0 Å². The van der Waals surface area contributed by atoms with Crippen LogP contribution in [0, 0.1) is 0 Å². The number of aromatic nitrogens is 2. The van der Waals surface area contributed by atoms with Gasteiger partial charge in [0, 0.05) is 19.6 Å². The number of rotatable bonds is 3. The summed E-state index contributed by atoms with van der Waals surface area (Å²) >= 11 is 0. The summed E-state index contributed by atoms with van der Waals surface area (Å²) in [6, 6.07) is 0. The monoisotopic (exact) mass is 211 g/mol. The highest BCUT2D eigenvalue weighted by molar-refractivity contribution is 5.05. The van der Waals surface area contributed by atoms with E-state index in [4.69, 9.17) is 15.0 Å². The average molecular weight is 211 g/mol. The van der Waals surface area contributed by atoms with Gasteiger partial charge >= 0.3 is 0 Å². The SMILES string of the molecule is CCCc1nc(C2(N)CCOCC2)no1. The highest BCUT2D eigenvalue weighted by atomic mass is 16.5. The van der Waals surface area contributed by atoms with Crippen molar-refractivity contribution in [1.82, 2.24) is 10.1 Å². The molecule has 0 aliphatic carbocycles. The maximum absolute atomic E-state index is 6.22. The van der Waals surface area contributed by atoms with E-state index in [2.05, 4.69) is 17.1 Å². The fraction of sp³-hybridized carbons (Fsp3) is 0.800. The van der Waals surface area contributed by atoms with E-state index >= 15 is 0 Å². The summed E-state index contributed by atoms with van der Waals surface area (Å²) in [4.78, 5) is 4.34. The van der Waals surface area contributed by atoms with Crippen molar-refractivity contribution in [2.24, 2.45) is 5.73 Å². The van der Waals surface area contributed by atoms with Crippen LogP contribution in [0.15, 0.2) is 4.52 Å². The molecule has 0 radical (unpaired) electrons. The van der Waals surface area contributed by atoms with Gasteiger partial charge in [0.1, 0.15) is 0 Å². The zero-order valence-corrected chi connectivity index (χ0v) is 9.03. The number of nitrogens with zero attached hydrogens (tertiary/aromatic N) is 2. The second-order valence-electron chi connectivity index (χ2n) is 4.03. The second-order valence-corrected chi connectivity index (χ2v) is 4.03. The van der Waals surface area contributed by atoms with Crippen LogP contribution in [0.3, 0.4) is 0 Å². The Labute approximate surface area is 89.0 Å². The van der Waals surface area contributed by atoms with E-state index in [0.717, 1.165) is 25.7 Å². The van der Waals surface area contributed by atoms with E-state index in [-0.39, 0.29) is 0 Å². The Balaban J connectivity index is 2.12. The molecule has 1 saturated heterocycles. The van der Waals surface area contributed by atoms with E-state index in [1.807, 2.05) is 0 Å². The molecule has 0 aromatic carbocycles. The summed E-state index contributed by atoms with van der Waals surface area (Å²) < 4.78 is 10.4. The van der Waals surface area contributed by atoms with Crippen molar-refractivity contribution in [2.45, 2.75) is 38.1 Å². The fourth-order valence-corrected chi connectivity index (χ4v) is 1.73. The molecule has 15 heavy (non-hydrogen) atoms. The van der Waals surface area contributed by atoms with Crippen LogP contribution in [-0.2, 0) is 16.7 Å². The molecule has 1 fully saturated rings. The lowest BCUT2D eigenvalue weighted by Gasteiger charge is -2.29. The molecule has 1 aliphatic rings. The van der Waals surface area contributed by atoms with Crippen LogP contribution >= 0.6 is 0 Å². The van der Waals surface area contributed by atoms with Crippen LogP contribution in [-0.4, -0.2) is 23.4 Å². The third-order valence-electron chi connectivity index (χ3n) is 2.76. The molecule has 2 heterocycles. The Hall–Kier alpha value is -0.940. The van der Waals surface area contributed by atoms with Crippen molar-refractivity contribution < 1.29 is 9.26 Å². The number of aryl methyl sites for hydroxylation is 1. The maximum atomic E-state index is 6.22. The molecule has 5 nitrogen and oxygen atoms in total. The van der Waals surface area contributed by atoms with Crippen molar-refractivity contribution in [2.75, 3.05) is 13.2 Å². The first-order chi connectivity index (χ1) is 7.24. The summed E-state index contributed by atoms with van der Waals surface area (Å²) in [5, 5.41) is 3.96. The number of hydrogen-bond acceptors (Lipinski definition) is 5. The molecule has 0 amide bonds. The highest BCUT2D eigenvalue weighted by Crippen LogP contribution is 2.27.